The van der Waals surface area contributed by atoms with E-state index in [0.717, 1.165) is 71.3 Å². The summed E-state index contributed by atoms with van der Waals surface area (Å²) in [7, 11) is 0. The largest absolute Gasteiger partial charge is 0.492 e. The minimum Gasteiger partial charge on any atom is -0.492 e. The number of benzene rings is 1. The van der Waals surface area contributed by atoms with E-state index in [-0.39, 0.29) is 11.7 Å². The Kier molecular flexibility index (Phi) is 8.39. The van der Waals surface area contributed by atoms with Gasteiger partial charge >= 0.3 is 0 Å². The Labute approximate surface area is 265 Å². The molecular weight excluding hydrogens is 583 g/mol. The first-order chi connectivity index (χ1) is 22.5. The molecule has 0 spiro atoms. The van der Waals surface area contributed by atoms with Crippen LogP contribution in [0.1, 0.15) is 39.0 Å². The number of hydrogen-bond donors (Lipinski definition) is 3. The third-order valence-electron chi connectivity index (χ3n) is 8.36. The number of nitrogens with one attached hydrogen (secondary N) is 3. The zero-order chi connectivity index (χ0) is 31.5. The fourth-order valence-electron chi connectivity index (χ4n) is 5.99. The van der Waals surface area contributed by atoms with Crippen molar-refractivity contribution in [2.45, 2.75) is 39.0 Å². The van der Waals surface area contributed by atoms with Crippen LogP contribution in [0, 0.1) is 5.82 Å². The van der Waals surface area contributed by atoms with Gasteiger partial charge in [0.15, 0.2) is 5.65 Å². The van der Waals surface area contributed by atoms with E-state index in [0.29, 0.717) is 41.4 Å². The van der Waals surface area contributed by atoms with Gasteiger partial charge in [-0.25, -0.2) is 9.37 Å². The van der Waals surface area contributed by atoms with Crippen LogP contribution in [0.15, 0.2) is 67.3 Å². The summed E-state index contributed by atoms with van der Waals surface area (Å²) in [6.45, 7) is 5.57. The van der Waals surface area contributed by atoms with Gasteiger partial charge in [0.25, 0.3) is 0 Å². The summed E-state index contributed by atoms with van der Waals surface area (Å²) < 4.78 is 20.7. The predicted molar refractivity (Wildman–Crippen MR) is 177 cm³/mol. The van der Waals surface area contributed by atoms with Crippen LogP contribution in [0.5, 0.6) is 5.75 Å². The van der Waals surface area contributed by atoms with Gasteiger partial charge in [-0.15, -0.1) is 0 Å². The number of halogens is 1. The number of ether oxygens (including phenoxy) is 1. The highest BCUT2D eigenvalue weighted by Gasteiger charge is 2.17. The maximum atomic E-state index is 14.8. The number of rotatable bonds is 11. The lowest BCUT2D eigenvalue weighted by atomic mass is 10.1. The number of unbranched alkanes of at least 4 members (excludes halogenated alkanes) is 1. The topological polar surface area (TPSA) is 125 Å². The summed E-state index contributed by atoms with van der Waals surface area (Å²) in [4.78, 5) is 31.7. The van der Waals surface area contributed by atoms with E-state index in [4.69, 9.17) is 4.74 Å². The third-order valence-corrected chi connectivity index (χ3v) is 8.36. The van der Waals surface area contributed by atoms with Crippen molar-refractivity contribution in [1.29, 1.82) is 0 Å². The molecule has 0 aliphatic carbocycles. The highest BCUT2D eigenvalue weighted by molar-refractivity contribution is 6.00. The molecule has 1 saturated heterocycles. The minimum absolute atomic E-state index is 0.0290. The molecular formula is C35H35FN8O2. The van der Waals surface area contributed by atoms with Crippen molar-refractivity contribution in [3.05, 3.63) is 73.1 Å². The van der Waals surface area contributed by atoms with Crippen LogP contribution in [0.2, 0.25) is 0 Å². The van der Waals surface area contributed by atoms with Gasteiger partial charge in [-0.05, 0) is 68.8 Å². The van der Waals surface area contributed by atoms with Crippen molar-refractivity contribution in [3.63, 3.8) is 0 Å². The molecule has 6 aromatic rings. The number of aromatic nitrogens is 6. The number of pyridine rings is 3. The molecule has 7 rings (SSSR count). The molecule has 1 amide bonds. The number of carbonyl (C=O) groups excluding carboxylic acids is 1. The quantitative estimate of drug-likeness (QED) is 0.143. The minimum atomic E-state index is -0.375. The van der Waals surface area contributed by atoms with Crippen LogP contribution >= 0.6 is 0 Å². The normalized spacial score (nSPS) is 13.5. The number of carbonyl (C=O) groups is 1. The molecule has 1 aromatic carbocycles. The van der Waals surface area contributed by atoms with Crippen LogP contribution in [-0.2, 0) is 4.79 Å². The fraction of sp³-hybridized carbons (Fsp3) is 0.286. The van der Waals surface area contributed by atoms with E-state index in [1.807, 2.05) is 30.3 Å². The van der Waals surface area contributed by atoms with Crippen molar-refractivity contribution in [3.8, 4) is 39.5 Å². The molecule has 0 bridgehead atoms. The summed E-state index contributed by atoms with van der Waals surface area (Å²) in [6.07, 6.45) is 11.5. The van der Waals surface area contributed by atoms with Crippen LogP contribution in [0.25, 0.3) is 55.7 Å². The lowest BCUT2D eigenvalue weighted by molar-refractivity contribution is -0.116. The van der Waals surface area contributed by atoms with Crippen molar-refractivity contribution < 1.29 is 13.9 Å². The zero-order valence-electron chi connectivity index (χ0n) is 25.6. The third kappa shape index (κ3) is 6.32. The van der Waals surface area contributed by atoms with Gasteiger partial charge in [0, 0.05) is 70.6 Å². The first-order valence-electron chi connectivity index (χ1n) is 15.8. The zero-order valence-corrected chi connectivity index (χ0v) is 25.6. The molecule has 11 heteroatoms. The van der Waals surface area contributed by atoms with Gasteiger partial charge in [0.05, 0.1) is 29.0 Å². The lowest BCUT2D eigenvalue weighted by Gasteiger charge is -2.15. The standard InChI is InChI=1S/C35H35FN8O2/c1-2-3-6-32(45)40-26-14-23(19-37-21-26)24-16-29-34(42-43-35(29)39-20-24)31-18-28-30(41-31)7-8-38-33(28)22-13-25(36)17-27(15-22)46-12-11-44-9-4-5-10-44/h7-8,13-21,41H,2-6,9-12H2,1H3,(H,40,45)(H,39,42,43). The fourth-order valence-corrected chi connectivity index (χ4v) is 5.99. The summed E-state index contributed by atoms with van der Waals surface area (Å²) in [6, 6.07) is 12.5. The number of likely N-dealkylation sites (tertiary alicyclic amines) is 1. The van der Waals surface area contributed by atoms with Gasteiger partial charge < -0.3 is 15.0 Å². The van der Waals surface area contributed by atoms with Crippen molar-refractivity contribution in [2.24, 2.45) is 0 Å². The van der Waals surface area contributed by atoms with Gasteiger partial charge in [0.2, 0.25) is 5.91 Å². The number of hydrogen-bond acceptors (Lipinski definition) is 7. The lowest BCUT2D eigenvalue weighted by Crippen LogP contribution is -2.25. The summed E-state index contributed by atoms with van der Waals surface area (Å²) in [5.41, 5.74) is 6.55. The second-order valence-corrected chi connectivity index (χ2v) is 11.7. The first kappa shape index (κ1) is 29.5. The summed E-state index contributed by atoms with van der Waals surface area (Å²) in [5, 5.41) is 12.2. The number of H-pyrrole nitrogens is 2. The molecule has 10 nitrogen and oxygen atoms in total. The Morgan fingerprint density at radius 2 is 1.87 bits per heavy atom. The van der Waals surface area contributed by atoms with Crippen LogP contribution in [0.3, 0.4) is 0 Å². The van der Waals surface area contributed by atoms with Gasteiger partial charge in [-0.2, -0.15) is 5.10 Å². The van der Waals surface area contributed by atoms with E-state index in [1.54, 1.807) is 24.8 Å². The molecule has 5 aromatic heterocycles. The maximum Gasteiger partial charge on any atom is 0.224 e. The molecule has 1 aliphatic rings. The molecule has 0 saturated carbocycles. The first-order valence-corrected chi connectivity index (χ1v) is 15.8. The van der Waals surface area contributed by atoms with E-state index >= 15 is 0 Å². The SMILES string of the molecule is CCCCC(=O)Nc1cncc(-c2cnc3n[nH]c(-c4cc5c(-c6cc(F)cc(OCCN7CCCC7)c6)nccc5[nH]4)c3c2)c1. The molecule has 1 aliphatic heterocycles. The number of aromatic amines is 2. The van der Waals surface area contributed by atoms with E-state index in [2.05, 4.69) is 47.3 Å². The Morgan fingerprint density at radius 3 is 2.74 bits per heavy atom. The molecule has 0 atom stereocenters. The molecule has 46 heavy (non-hydrogen) atoms. The van der Waals surface area contributed by atoms with Gasteiger partial charge in [-0.3, -0.25) is 24.8 Å². The van der Waals surface area contributed by atoms with Crippen molar-refractivity contribution in [2.75, 3.05) is 31.6 Å². The monoisotopic (exact) mass is 618 g/mol. The molecule has 0 unspecified atom stereocenters. The number of nitrogens with zero attached hydrogens (tertiary/aromatic N) is 5. The van der Waals surface area contributed by atoms with Crippen LogP contribution in [0.4, 0.5) is 10.1 Å². The van der Waals surface area contributed by atoms with E-state index in [1.165, 1.54) is 25.0 Å². The summed E-state index contributed by atoms with van der Waals surface area (Å²) >= 11 is 0. The average Bonchev–Trinajstić information content (AvgIpc) is 3.83. The predicted octanol–water partition coefficient (Wildman–Crippen LogP) is 6.97. The molecule has 1 fully saturated rings. The Bertz CT molecular complexity index is 2010. The number of amides is 1. The number of fused-ring (bicyclic) bond motifs is 2. The van der Waals surface area contributed by atoms with E-state index in [9.17, 15) is 9.18 Å². The smallest absolute Gasteiger partial charge is 0.224 e. The molecule has 234 valence electrons. The molecule has 3 N–H and O–H groups in total. The maximum absolute atomic E-state index is 14.8. The second kappa shape index (κ2) is 13.1. The van der Waals surface area contributed by atoms with Crippen LogP contribution < -0.4 is 10.1 Å². The van der Waals surface area contributed by atoms with Crippen molar-refractivity contribution in [1.82, 2.24) is 35.0 Å². The molecule has 0 radical (unpaired) electrons. The second-order valence-electron chi connectivity index (χ2n) is 11.7. The van der Waals surface area contributed by atoms with Crippen molar-refractivity contribution >= 4 is 33.5 Å². The summed E-state index contributed by atoms with van der Waals surface area (Å²) in [5.74, 6) is 0.0835. The highest BCUT2D eigenvalue weighted by atomic mass is 19.1. The number of anilines is 1. The molecule has 6 heterocycles. The van der Waals surface area contributed by atoms with Gasteiger partial charge in [0.1, 0.15) is 18.2 Å². The van der Waals surface area contributed by atoms with Gasteiger partial charge in [-0.1, -0.05) is 13.3 Å². The average molecular weight is 619 g/mol. The highest BCUT2D eigenvalue weighted by Crippen LogP contribution is 2.35. The Hall–Kier alpha value is -5.16. The van der Waals surface area contributed by atoms with Crippen LogP contribution in [-0.4, -0.2) is 67.2 Å². The Morgan fingerprint density at radius 1 is 1.00 bits per heavy atom. The Balaban J connectivity index is 1.17. The van der Waals surface area contributed by atoms with E-state index < -0.39 is 0 Å².